The van der Waals surface area contributed by atoms with E-state index in [2.05, 4.69) is 6.72 Å². The van der Waals surface area contributed by atoms with Crippen LogP contribution in [0.3, 0.4) is 0 Å². The Morgan fingerprint density at radius 1 is 1.80 bits per heavy atom. The van der Waals surface area contributed by atoms with E-state index in [4.69, 9.17) is 5.73 Å². The Bertz CT molecular complexity index is 238. The van der Waals surface area contributed by atoms with Crippen molar-refractivity contribution < 1.29 is 9.37 Å². The zero-order valence-electron chi connectivity index (χ0n) is 5.58. The van der Waals surface area contributed by atoms with Crippen LogP contribution >= 0.6 is 0 Å². The summed E-state index contributed by atoms with van der Waals surface area (Å²) in [5, 5.41) is 0. The average Bonchev–Trinajstić information content (AvgIpc) is 1.88. The van der Waals surface area contributed by atoms with E-state index < -0.39 is 0 Å². The number of hydrogen-bond acceptors (Lipinski definition) is 1. The van der Waals surface area contributed by atoms with Gasteiger partial charge in [0.2, 0.25) is 0 Å². The highest BCUT2D eigenvalue weighted by Gasteiger charge is 2.10. The summed E-state index contributed by atoms with van der Waals surface area (Å²) in [5.74, 6) is -0.377. The molecule has 0 saturated carbocycles. The number of primary amides is 1. The second kappa shape index (κ2) is 2.47. The third-order valence-corrected chi connectivity index (χ3v) is 1.27. The van der Waals surface area contributed by atoms with Crippen LogP contribution in [0.1, 0.15) is 6.42 Å². The number of amides is 1. The zero-order valence-corrected chi connectivity index (χ0v) is 5.58. The lowest BCUT2D eigenvalue weighted by molar-refractivity contribution is -0.370. The van der Waals surface area contributed by atoms with Crippen LogP contribution in [0, 0.1) is 0 Å². The molecule has 1 aliphatic heterocycles. The maximum Gasteiger partial charge on any atom is 0.250 e. The van der Waals surface area contributed by atoms with Crippen molar-refractivity contribution in [3.63, 3.8) is 0 Å². The molecule has 1 rings (SSSR count). The predicted octanol–water partition coefficient (Wildman–Crippen LogP) is -0.0139. The zero-order chi connectivity index (χ0) is 7.56. The minimum absolute atomic E-state index is 0.377. The molecule has 0 radical (unpaired) electrons. The van der Waals surface area contributed by atoms with Gasteiger partial charge in [0.1, 0.15) is 6.72 Å². The Balaban J connectivity index is 2.81. The fraction of sp³-hybridized carbons (Fsp3) is 0.143. The van der Waals surface area contributed by atoms with Crippen molar-refractivity contribution in [2.24, 2.45) is 5.73 Å². The molecule has 0 aliphatic carbocycles. The third kappa shape index (κ3) is 1.31. The maximum absolute atomic E-state index is 10.6. The van der Waals surface area contributed by atoms with Gasteiger partial charge >= 0.3 is 0 Å². The van der Waals surface area contributed by atoms with Crippen LogP contribution < -0.4 is 5.73 Å². The van der Waals surface area contributed by atoms with E-state index >= 15 is 0 Å². The standard InChI is InChI=1S/C7H8N2O/c1-9-4-2-3-6(5-9)7(8)10/h2,4-5H,1,3H2,(H-,8,10)/p+1. The molecule has 0 aromatic heterocycles. The first-order valence-electron chi connectivity index (χ1n) is 2.96. The molecule has 2 N–H and O–H groups in total. The quantitative estimate of drug-likeness (QED) is 0.507. The molecule has 0 bridgehead atoms. The predicted molar refractivity (Wildman–Crippen MR) is 38.4 cm³/mol. The molecule has 1 aliphatic rings. The van der Waals surface area contributed by atoms with Gasteiger partial charge in [0, 0.05) is 6.42 Å². The molecule has 0 unspecified atom stereocenters. The van der Waals surface area contributed by atoms with E-state index in [0.717, 1.165) is 0 Å². The van der Waals surface area contributed by atoms with Crippen molar-refractivity contribution >= 4 is 12.6 Å². The third-order valence-electron chi connectivity index (χ3n) is 1.27. The Morgan fingerprint density at radius 2 is 2.50 bits per heavy atom. The van der Waals surface area contributed by atoms with Gasteiger partial charge < -0.3 is 5.73 Å². The van der Waals surface area contributed by atoms with Crippen molar-refractivity contribution in [2.45, 2.75) is 6.42 Å². The smallest absolute Gasteiger partial charge is 0.250 e. The molecule has 0 aromatic rings. The summed E-state index contributed by atoms with van der Waals surface area (Å²) in [4.78, 5) is 10.6. The molecule has 0 saturated heterocycles. The summed E-state index contributed by atoms with van der Waals surface area (Å²) in [7, 11) is 0. The SMILES string of the molecule is C=[N+]1C=CCC(C(N)=O)=C1. The number of rotatable bonds is 1. The minimum atomic E-state index is -0.377. The Kier molecular flexibility index (Phi) is 1.67. The van der Waals surface area contributed by atoms with Crippen molar-refractivity contribution in [3.05, 3.63) is 24.0 Å². The number of nitrogens with zero attached hydrogens (tertiary/aromatic N) is 1. The van der Waals surface area contributed by atoms with Crippen LogP contribution in [-0.2, 0) is 4.79 Å². The fourth-order valence-corrected chi connectivity index (χ4v) is 0.775. The number of hydrogen-bond donors (Lipinski definition) is 1. The number of nitrogens with two attached hydrogens (primary N) is 1. The van der Waals surface area contributed by atoms with E-state index in [-0.39, 0.29) is 5.91 Å². The lowest BCUT2D eigenvalue weighted by atomic mass is 10.1. The highest BCUT2D eigenvalue weighted by molar-refractivity contribution is 5.91. The normalized spacial score (nSPS) is 16.8. The maximum atomic E-state index is 10.6. The first kappa shape index (κ1) is 6.74. The van der Waals surface area contributed by atoms with Gasteiger partial charge in [-0.05, 0) is 6.08 Å². The largest absolute Gasteiger partial charge is 0.366 e. The highest BCUT2D eigenvalue weighted by Crippen LogP contribution is 2.06. The summed E-state index contributed by atoms with van der Waals surface area (Å²) < 4.78 is 1.56. The summed E-state index contributed by atoms with van der Waals surface area (Å²) in [5.41, 5.74) is 5.63. The summed E-state index contributed by atoms with van der Waals surface area (Å²) >= 11 is 0. The fourth-order valence-electron chi connectivity index (χ4n) is 0.775. The second-order valence-electron chi connectivity index (χ2n) is 2.12. The number of carbonyl (C=O) groups excluding carboxylic acids is 1. The number of allylic oxidation sites excluding steroid dienone is 1. The molecule has 0 spiro atoms. The van der Waals surface area contributed by atoms with Gasteiger partial charge in [0.05, 0.1) is 5.57 Å². The molecule has 3 heteroatoms. The molecule has 1 amide bonds. The Labute approximate surface area is 59.2 Å². The summed E-state index contributed by atoms with van der Waals surface area (Å²) in [6.45, 7) is 3.59. The van der Waals surface area contributed by atoms with Crippen LogP contribution in [0.4, 0.5) is 0 Å². The first-order chi connectivity index (χ1) is 4.70. The van der Waals surface area contributed by atoms with E-state index in [0.29, 0.717) is 12.0 Å². The lowest BCUT2D eigenvalue weighted by Crippen LogP contribution is -2.16. The van der Waals surface area contributed by atoms with Crippen LogP contribution in [-0.4, -0.2) is 17.2 Å². The minimum Gasteiger partial charge on any atom is -0.366 e. The second-order valence-corrected chi connectivity index (χ2v) is 2.12. The van der Waals surface area contributed by atoms with Crippen molar-refractivity contribution in [2.75, 3.05) is 0 Å². The van der Waals surface area contributed by atoms with Crippen molar-refractivity contribution in [3.8, 4) is 0 Å². The molecule has 1 heterocycles. The van der Waals surface area contributed by atoms with Gasteiger partial charge in [-0.25, -0.2) is 0 Å². The molecular formula is C7H9N2O+. The molecular weight excluding hydrogens is 128 g/mol. The van der Waals surface area contributed by atoms with Crippen molar-refractivity contribution in [1.29, 1.82) is 0 Å². The summed E-state index contributed by atoms with van der Waals surface area (Å²) in [6, 6.07) is 0. The topological polar surface area (TPSA) is 46.1 Å². The highest BCUT2D eigenvalue weighted by atomic mass is 16.1. The Morgan fingerprint density at radius 3 is 2.90 bits per heavy atom. The van der Waals surface area contributed by atoms with Crippen LogP contribution in [0.2, 0.25) is 0 Å². The first-order valence-corrected chi connectivity index (χ1v) is 2.96. The van der Waals surface area contributed by atoms with E-state index in [1.165, 1.54) is 0 Å². The number of carbonyl (C=O) groups is 1. The van der Waals surface area contributed by atoms with Gasteiger partial charge in [-0.1, -0.05) is 0 Å². The monoisotopic (exact) mass is 137 g/mol. The van der Waals surface area contributed by atoms with Crippen molar-refractivity contribution in [1.82, 2.24) is 0 Å². The van der Waals surface area contributed by atoms with E-state index in [9.17, 15) is 4.79 Å². The molecule has 10 heavy (non-hydrogen) atoms. The van der Waals surface area contributed by atoms with Gasteiger partial charge in [-0.15, -0.1) is 0 Å². The molecule has 0 atom stereocenters. The molecule has 52 valence electrons. The van der Waals surface area contributed by atoms with Crippen LogP contribution in [0.5, 0.6) is 0 Å². The van der Waals surface area contributed by atoms with Crippen LogP contribution in [0.15, 0.2) is 24.0 Å². The van der Waals surface area contributed by atoms with E-state index in [1.54, 1.807) is 17.0 Å². The summed E-state index contributed by atoms with van der Waals surface area (Å²) in [6.07, 6.45) is 5.86. The molecule has 0 fully saturated rings. The average molecular weight is 137 g/mol. The lowest BCUT2D eigenvalue weighted by Gasteiger charge is -1.98. The van der Waals surface area contributed by atoms with Gasteiger partial charge in [0.15, 0.2) is 12.4 Å². The van der Waals surface area contributed by atoms with Crippen LogP contribution in [0.25, 0.3) is 0 Å². The Hall–Kier alpha value is -1.38. The molecule has 3 nitrogen and oxygen atoms in total. The molecule has 0 aromatic carbocycles. The van der Waals surface area contributed by atoms with E-state index in [1.807, 2.05) is 6.08 Å². The van der Waals surface area contributed by atoms with Gasteiger partial charge in [-0.3, -0.25) is 4.79 Å². The van der Waals surface area contributed by atoms with Gasteiger partial charge in [-0.2, -0.15) is 4.58 Å². The van der Waals surface area contributed by atoms with Gasteiger partial charge in [0.25, 0.3) is 5.91 Å².